The monoisotopic (exact) mass is 474 g/mol. The summed E-state index contributed by atoms with van der Waals surface area (Å²) in [7, 11) is 0. The van der Waals surface area contributed by atoms with Crippen molar-refractivity contribution < 1.29 is 19.5 Å². The average molecular weight is 475 g/mol. The predicted molar refractivity (Wildman–Crippen MR) is 128 cm³/mol. The molecule has 4 aliphatic rings. The van der Waals surface area contributed by atoms with Crippen LogP contribution < -0.4 is 5.32 Å². The largest absolute Gasteiger partial charge is 0.390 e. The molecule has 0 spiro atoms. The Morgan fingerprint density at radius 1 is 1.11 bits per heavy atom. The van der Waals surface area contributed by atoms with Crippen LogP contribution in [0, 0.1) is 11.8 Å². The summed E-state index contributed by atoms with van der Waals surface area (Å²) in [6, 6.07) is 9.28. The van der Waals surface area contributed by atoms with Gasteiger partial charge in [0.2, 0.25) is 11.8 Å². The lowest BCUT2D eigenvalue weighted by atomic mass is 10.0. The minimum atomic E-state index is -0.610. The molecule has 8 heteroatoms. The fourth-order valence-corrected chi connectivity index (χ4v) is 6.56. The Kier molecular flexibility index (Phi) is 5.27. The van der Waals surface area contributed by atoms with Crippen molar-refractivity contribution in [1.29, 1.82) is 0 Å². The number of fused-ring (bicyclic) bond motifs is 2. The fraction of sp³-hybridized carbons (Fsp3) is 0.481. The third-order valence-corrected chi connectivity index (χ3v) is 8.11. The van der Waals surface area contributed by atoms with Gasteiger partial charge in [0, 0.05) is 49.9 Å². The van der Waals surface area contributed by atoms with E-state index in [0.29, 0.717) is 30.4 Å². The van der Waals surface area contributed by atoms with E-state index >= 15 is 0 Å². The summed E-state index contributed by atoms with van der Waals surface area (Å²) < 4.78 is 0. The molecule has 3 fully saturated rings. The number of imide groups is 1. The van der Waals surface area contributed by atoms with Crippen molar-refractivity contribution >= 4 is 17.7 Å². The van der Waals surface area contributed by atoms with Crippen LogP contribution >= 0.6 is 0 Å². The molecule has 1 aromatic heterocycles. The second-order valence-electron chi connectivity index (χ2n) is 10.9. The zero-order valence-electron chi connectivity index (χ0n) is 19.9. The number of hydrogen-bond donors (Lipinski definition) is 2. The number of aromatic nitrogens is 1. The number of rotatable bonds is 4. The number of benzene rings is 1. The molecular weight excluding hydrogens is 444 g/mol. The zero-order chi connectivity index (χ0) is 24.3. The molecule has 3 aliphatic heterocycles. The van der Waals surface area contributed by atoms with Crippen molar-refractivity contribution in [2.45, 2.75) is 57.3 Å². The molecule has 1 aromatic carbocycles. The second kappa shape index (κ2) is 8.24. The van der Waals surface area contributed by atoms with E-state index in [2.05, 4.69) is 27.3 Å². The van der Waals surface area contributed by atoms with E-state index in [4.69, 9.17) is 0 Å². The number of amides is 3. The summed E-state index contributed by atoms with van der Waals surface area (Å²) in [5.41, 5.74) is 3.98. The molecule has 0 radical (unpaired) electrons. The molecule has 182 valence electrons. The number of carbonyl (C=O) groups is 3. The molecule has 3 amide bonds. The molecule has 35 heavy (non-hydrogen) atoms. The number of nitrogens with zero attached hydrogens (tertiary/aromatic N) is 3. The van der Waals surface area contributed by atoms with E-state index in [1.165, 1.54) is 5.56 Å². The number of pyridine rings is 1. The van der Waals surface area contributed by atoms with Gasteiger partial charge in [-0.25, -0.2) is 0 Å². The molecule has 6 rings (SSSR count). The highest BCUT2D eigenvalue weighted by atomic mass is 16.3. The first-order valence-corrected chi connectivity index (χ1v) is 12.4. The number of likely N-dealkylation sites (tertiary alicyclic amines) is 1. The third-order valence-electron chi connectivity index (χ3n) is 8.11. The highest BCUT2D eigenvalue weighted by Gasteiger charge is 2.45. The van der Waals surface area contributed by atoms with Crippen LogP contribution in [0.4, 0.5) is 0 Å². The highest BCUT2D eigenvalue weighted by molar-refractivity contribution is 6.05. The molecule has 1 aliphatic carbocycles. The Labute approximate surface area is 204 Å². The van der Waals surface area contributed by atoms with Crippen LogP contribution in [0.1, 0.15) is 54.1 Å². The van der Waals surface area contributed by atoms with Crippen LogP contribution in [0.3, 0.4) is 0 Å². The minimum absolute atomic E-state index is 0.165. The number of carbonyl (C=O) groups excluding carboxylic acids is 3. The lowest BCUT2D eigenvalue weighted by molar-refractivity contribution is -0.136. The van der Waals surface area contributed by atoms with E-state index in [-0.39, 0.29) is 18.2 Å². The van der Waals surface area contributed by atoms with Gasteiger partial charge in [-0.1, -0.05) is 6.07 Å². The van der Waals surface area contributed by atoms with Crippen LogP contribution in [0.25, 0.3) is 11.3 Å². The van der Waals surface area contributed by atoms with Gasteiger partial charge < -0.3 is 10.0 Å². The van der Waals surface area contributed by atoms with Crippen molar-refractivity contribution in [2.24, 2.45) is 11.8 Å². The van der Waals surface area contributed by atoms with Gasteiger partial charge in [0.05, 0.1) is 11.3 Å². The number of nitrogens with one attached hydrogen (secondary N) is 1. The molecule has 2 unspecified atom stereocenters. The Morgan fingerprint density at radius 2 is 1.89 bits per heavy atom. The number of piperidine rings is 1. The van der Waals surface area contributed by atoms with Crippen LogP contribution in [-0.2, 0) is 22.7 Å². The first kappa shape index (κ1) is 22.4. The maximum absolute atomic E-state index is 13.0. The van der Waals surface area contributed by atoms with Crippen LogP contribution in [0.15, 0.2) is 36.5 Å². The topological polar surface area (TPSA) is 103 Å². The molecule has 2 aromatic rings. The first-order chi connectivity index (χ1) is 16.8. The van der Waals surface area contributed by atoms with E-state index < -0.39 is 17.6 Å². The van der Waals surface area contributed by atoms with Gasteiger partial charge in [0.1, 0.15) is 6.04 Å². The highest BCUT2D eigenvalue weighted by Crippen LogP contribution is 2.44. The SMILES string of the molecule is CC1(O)CC2CN(Cc3ccnc(-c4ccc5c(c4)CN([C@H]4CCC(=O)NC4=O)C5=O)c3)CC2C1. The normalized spacial score (nSPS) is 30.5. The second-order valence-corrected chi connectivity index (χ2v) is 10.9. The van der Waals surface area contributed by atoms with Crippen molar-refractivity contribution in [2.75, 3.05) is 13.1 Å². The summed E-state index contributed by atoms with van der Waals surface area (Å²) in [5.74, 6) is 0.307. The van der Waals surface area contributed by atoms with Crippen LogP contribution in [0.2, 0.25) is 0 Å². The van der Waals surface area contributed by atoms with E-state index in [1.807, 2.05) is 31.3 Å². The molecule has 2 saturated heterocycles. The van der Waals surface area contributed by atoms with Gasteiger partial charge in [-0.15, -0.1) is 0 Å². The molecule has 3 atom stereocenters. The van der Waals surface area contributed by atoms with Gasteiger partial charge in [0.15, 0.2) is 0 Å². The summed E-state index contributed by atoms with van der Waals surface area (Å²) in [6.45, 7) is 5.22. The lowest BCUT2D eigenvalue weighted by Gasteiger charge is -2.29. The summed E-state index contributed by atoms with van der Waals surface area (Å²) in [5, 5.41) is 12.7. The van der Waals surface area contributed by atoms with E-state index in [9.17, 15) is 19.5 Å². The molecular formula is C27H30N4O4. The Morgan fingerprint density at radius 3 is 2.63 bits per heavy atom. The quantitative estimate of drug-likeness (QED) is 0.658. The minimum Gasteiger partial charge on any atom is -0.390 e. The van der Waals surface area contributed by atoms with Gasteiger partial charge in [-0.2, -0.15) is 0 Å². The average Bonchev–Trinajstić information content (AvgIpc) is 3.41. The van der Waals surface area contributed by atoms with E-state index in [0.717, 1.165) is 49.3 Å². The summed E-state index contributed by atoms with van der Waals surface area (Å²) in [4.78, 5) is 45.4. The van der Waals surface area contributed by atoms with Crippen LogP contribution in [-0.4, -0.2) is 62.3 Å². The third kappa shape index (κ3) is 4.15. The van der Waals surface area contributed by atoms with Gasteiger partial charge >= 0.3 is 0 Å². The molecule has 1 saturated carbocycles. The maximum Gasteiger partial charge on any atom is 0.255 e. The standard InChI is InChI=1S/C27H30N4O4/c1-27(35)10-19-13-30(14-20(19)11-27)12-16-6-7-28-22(8-16)17-2-3-21-18(9-17)15-31(26(21)34)23-4-5-24(32)29-25(23)33/h2-3,6-9,19-20,23,35H,4-5,10-15H2,1H3,(H,29,32,33)/t19?,20?,23-,27?/m0/s1. The molecule has 8 nitrogen and oxygen atoms in total. The van der Waals surface area contributed by atoms with Crippen molar-refractivity contribution in [3.05, 3.63) is 53.2 Å². The zero-order valence-corrected chi connectivity index (χ0v) is 19.9. The van der Waals surface area contributed by atoms with Gasteiger partial charge in [-0.05, 0) is 73.4 Å². The fourth-order valence-electron chi connectivity index (χ4n) is 6.56. The Hall–Kier alpha value is -3.10. The maximum atomic E-state index is 13.0. The van der Waals surface area contributed by atoms with Crippen LogP contribution in [0.5, 0.6) is 0 Å². The smallest absolute Gasteiger partial charge is 0.255 e. The first-order valence-electron chi connectivity index (χ1n) is 12.4. The Balaban J connectivity index is 1.16. The van der Waals surface area contributed by atoms with Gasteiger partial charge in [-0.3, -0.25) is 29.6 Å². The van der Waals surface area contributed by atoms with Gasteiger partial charge in [0.25, 0.3) is 5.91 Å². The lowest BCUT2D eigenvalue weighted by Crippen LogP contribution is -2.52. The van der Waals surface area contributed by atoms with Crippen molar-refractivity contribution in [1.82, 2.24) is 20.1 Å². The molecule has 2 N–H and O–H groups in total. The number of aliphatic hydroxyl groups is 1. The van der Waals surface area contributed by atoms with E-state index in [1.54, 1.807) is 4.90 Å². The van der Waals surface area contributed by atoms with Crippen molar-refractivity contribution in [3.8, 4) is 11.3 Å². The number of hydrogen-bond acceptors (Lipinski definition) is 6. The molecule has 0 bridgehead atoms. The summed E-state index contributed by atoms with van der Waals surface area (Å²) >= 11 is 0. The molecule has 4 heterocycles. The Bertz CT molecular complexity index is 1210. The predicted octanol–water partition coefficient (Wildman–Crippen LogP) is 2.10. The van der Waals surface area contributed by atoms with Crippen molar-refractivity contribution in [3.63, 3.8) is 0 Å². The summed E-state index contributed by atoms with van der Waals surface area (Å²) in [6.07, 6.45) is 4.21.